The molecule has 0 bridgehead atoms. The number of pyridine rings is 1. The van der Waals surface area contributed by atoms with E-state index in [0.717, 1.165) is 46.5 Å². The standard InChI is InChI=1S/C21H19ClN2O2S/c22-18-8-2-1-6-15(18)17-11-21(26)24(19-9-3-7-16(17)19)13-20(25)23-12-14-5-4-10-27-14/h1-2,4-6,8,10-11H,3,7,9,12-13H2,(H,23,25). The number of rotatable bonds is 5. The average molecular weight is 399 g/mol. The van der Waals surface area contributed by atoms with E-state index in [0.29, 0.717) is 11.6 Å². The zero-order valence-corrected chi connectivity index (χ0v) is 16.3. The van der Waals surface area contributed by atoms with Crippen molar-refractivity contribution in [2.24, 2.45) is 0 Å². The molecule has 1 N–H and O–H groups in total. The highest BCUT2D eigenvalue weighted by atomic mass is 35.5. The van der Waals surface area contributed by atoms with Crippen LogP contribution in [-0.4, -0.2) is 10.5 Å². The SMILES string of the molecule is O=C(Cn1c2c(c(-c3ccccc3Cl)cc1=O)CCC2)NCc1cccs1. The minimum Gasteiger partial charge on any atom is -0.350 e. The van der Waals surface area contributed by atoms with E-state index in [1.165, 1.54) is 0 Å². The lowest BCUT2D eigenvalue weighted by Crippen LogP contribution is -2.33. The lowest BCUT2D eigenvalue weighted by Gasteiger charge is -2.16. The molecule has 0 spiro atoms. The molecule has 0 atom stereocenters. The summed E-state index contributed by atoms with van der Waals surface area (Å²) in [6.07, 6.45) is 2.68. The Balaban J connectivity index is 1.63. The normalized spacial score (nSPS) is 12.8. The first-order valence-electron chi connectivity index (χ1n) is 8.93. The van der Waals surface area contributed by atoms with Crippen LogP contribution in [0.1, 0.15) is 22.6 Å². The Morgan fingerprint density at radius 1 is 1.15 bits per heavy atom. The third-order valence-corrected chi connectivity index (χ3v) is 6.09. The molecule has 0 aliphatic heterocycles. The van der Waals surface area contributed by atoms with Crippen molar-refractivity contribution in [3.8, 4) is 11.1 Å². The highest BCUT2D eigenvalue weighted by molar-refractivity contribution is 7.09. The van der Waals surface area contributed by atoms with Crippen LogP contribution in [0.25, 0.3) is 11.1 Å². The summed E-state index contributed by atoms with van der Waals surface area (Å²) in [6.45, 7) is 0.542. The average Bonchev–Trinajstić information content (AvgIpc) is 3.34. The van der Waals surface area contributed by atoms with Gasteiger partial charge in [-0.15, -0.1) is 11.3 Å². The predicted molar refractivity (Wildman–Crippen MR) is 109 cm³/mol. The second kappa shape index (κ2) is 7.71. The minimum atomic E-state index is -0.156. The van der Waals surface area contributed by atoms with Crippen molar-refractivity contribution in [3.05, 3.63) is 79.4 Å². The van der Waals surface area contributed by atoms with Crippen molar-refractivity contribution in [2.75, 3.05) is 0 Å². The molecule has 0 saturated heterocycles. The van der Waals surface area contributed by atoms with Crippen LogP contribution < -0.4 is 10.9 Å². The Morgan fingerprint density at radius 3 is 2.78 bits per heavy atom. The summed E-state index contributed by atoms with van der Waals surface area (Å²) >= 11 is 7.95. The van der Waals surface area contributed by atoms with Crippen molar-refractivity contribution in [3.63, 3.8) is 0 Å². The van der Waals surface area contributed by atoms with Gasteiger partial charge in [-0.2, -0.15) is 0 Å². The largest absolute Gasteiger partial charge is 0.350 e. The quantitative estimate of drug-likeness (QED) is 0.705. The number of carbonyl (C=O) groups is 1. The number of thiophene rings is 1. The summed E-state index contributed by atoms with van der Waals surface area (Å²) in [5.74, 6) is -0.148. The summed E-state index contributed by atoms with van der Waals surface area (Å²) in [5, 5.41) is 5.51. The van der Waals surface area contributed by atoms with Crippen LogP contribution in [0, 0.1) is 0 Å². The molecule has 0 fully saturated rings. The minimum absolute atomic E-state index is 0.0509. The van der Waals surface area contributed by atoms with Crippen LogP contribution in [0.3, 0.4) is 0 Å². The summed E-state index contributed by atoms with van der Waals surface area (Å²) in [7, 11) is 0. The molecule has 6 heteroatoms. The maximum Gasteiger partial charge on any atom is 0.251 e. The van der Waals surface area contributed by atoms with Crippen LogP contribution in [0.5, 0.6) is 0 Å². The van der Waals surface area contributed by atoms with Crippen LogP contribution in [-0.2, 0) is 30.7 Å². The molecule has 0 radical (unpaired) electrons. The molecule has 138 valence electrons. The van der Waals surface area contributed by atoms with E-state index >= 15 is 0 Å². The Kier molecular flexibility index (Phi) is 5.14. The van der Waals surface area contributed by atoms with Crippen LogP contribution >= 0.6 is 22.9 Å². The molecule has 3 aromatic rings. The summed E-state index contributed by atoms with van der Waals surface area (Å²) in [6, 6.07) is 13.1. The zero-order valence-electron chi connectivity index (χ0n) is 14.7. The first-order valence-corrected chi connectivity index (χ1v) is 10.2. The highest BCUT2D eigenvalue weighted by Gasteiger charge is 2.23. The van der Waals surface area contributed by atoms with Gasteiger partial charge in [0.1, 0.15) is 6.54 Å². The van der Waals surface area contributed by atoms with Gasteiger partial charge < -0.3 is 9.88 Å². The lowest BCUT2D eigenvalue weighted by molar-refractivity contribution is -0.121. The number of fused-ring (bicyclic) bond motifs is 1. The van der Waals surface area contributed by atoms with E-state index in [4.69, 9.17) is 11.6 Å². The number of carbonyl (C=O) groups excluding carboxylic acids is 1. The maximum atomic E-state index is 12.8. The fourth-order valence-corrected chi connectivity index (χ4v) is 4.51. The Hall–Kier alpha value is -2.37. The smallest absolute Gasteiger partial charge is 0.251 e. The van der Waals surface area contributed by atoms with Gasteiger partial charge in [-0.25, -0.2) is 0 Å². The van der Waals surface area contributed by atoms with Gasteiger partial charge in [-0.05, 0) is 47.9 Å². The first kappa shape index (κ1) is 18.0. The van der Waals surface area contributed by atoms with Gasteiger partial charge in [-0.1, -0.05) is 35.9 Å². The Labute approximate surface area is 166 Å². The third-order valence-electron chi connectivity index (χ3n) is 4.88. The molecule has 1 aromatic carbocycles. The predicted octanol–water partition coefficient (Wildman–Crippen LogP) is 4.04. The van der Waals surface area contributed by atoms with Gasteiger partial charge in [0.15, 0.2) is 0 Å². The number of benzene rings is 1. The molecule has 1 aliphatic carbocycles. The fourth-order valence-electron chi connectivity index (χ4n) is 3.63. The van der Waals surface area contributed by atoms with E-state index in [1.54, 1.807) is 22.0 Å². The van der Waals surface area contributed by atoms with Gasteiger partial charge in [0.2, 0.25) is 5.91 Å². The van der Waals surface area contributed by atoms with Gasteiger partial charge in [0, 0.05) is 27.2 Å². The zero-order chi connectivity index (χ0) is 18.8. The Morgan fingerprint density at radius 2 is 2.00 bits per heavy atom. The number of halogens is 1. The fraction of sp³-hybridized carbons (Fsp3) is 0.238. The van der Waals surface area contributed by atoms with Gasteiger partial charge in [0.05, 0.1) is 6.54 Å². The molecule has 2 heterocycles. The second-order valence-electron chi connectivity index (χ2n) is 6.60. The second-order valence-corrected chi connectivity index (χ2v) is 8.04. The lowest BCUT2D eigenvalue weighted by atomic mass is 9.99. The number of nitrogens with one attached hydrogen (secondary N) is 1. The van der Waals surface area contributed by atoms with Gasteiger partial charge in [-0.3, -0.25) is 9.59 Å². The van der Waals surface area contributed by atoms with Crippen molar-refractivity contribution in [1.82, 2.24) is 9.88 Å². The molecule has 1 aliphatic rings. The first-order chi connectivity index (χ1) is 13.1. The summed E-state index contributed by atoms with van der Waals surface area (Å²) < 4.78 is 1.62. The monoisotopic (exact) mass is 398 g/mol. The van der Waals surface area contributed by atoms with Crippen LogP contribution in [0.4, 0.5) is 0 Å². The summed E-state index contributed by atoms with van der Waals surface area (Å²) in [4.78, 5) is 26.3. The molecule has 2 aromatic heterocycles. The topological polar surface area (TPSA) is 51.1 Å². The van der Waals surface area contributed by atoms with Crippen molar-refractivity contribution in [1.29, 1.82) is 0 Å². The molecule has 0 unspecified atom stereocenters. The highest BCUT2D eigenvalue weighted by Crippen LogP contribution is 2.34. The number of hydrogen-bond acceptors (Lipinski definition) is 3. The molecule has 27 heavy (non-hydrogen) atoms. The van der Waals surface area contributed by atoms with E-state index in [1.807, 2.05) is 41.8 Å². The molecular formula is C21H19ClN2O2S. The third kappa shape index (κ3) is 3.70. The van der Waals surface area contributed by atoms with E-state index < -0.39 is 0 Å². The number of amides is 1. The number of nitrogens with zero attached hydrogens (tertiary/aromatic N) is 1. The number of hydrogen-bond donors (Lipinski definition) is 1. The van der Waals surface area contributed by atoms with E-state index in [2.05, 4.69) is 5.32 Å². The van der Waals surface area contributed by atoms with Gasteiger partial charge in [0.25, 0.3) is 5.56 Å². The van der Waals surface area contributed by atoms with Crippen molar-refractivity contribution in [2.45, 2.75) is 32.4 Å². The van der Waals surface area contributed by atoms with Crippen molar-refractivity contribution < 1.29 is 4.79 Å². The Bertz CT molecular complexity index is 1040. The van der Waals surface area contributed by atoms with E-state index in [-0.39, 0.29) is 18.0 Å². The molecular weight excluding hydrogens is 380 g/mol. The molecule has 4 rings (SSSR count). The maximum absolute atomic E-state index is 12.8. The van der Waals surface area contributed by atoms with Crippen LogP contribution in [0.15, 0.2) is 52.6 Å². The van der Waals surface area contributed by atoms with Crippen molar-refractivity contribution >= 4 is 28.8 Å². The van der Waals surface area contributed by atoms with Crippen LogP contribution in [0.2, 0.25) is 5.02 Å². The molecule has 4 nitrogen and oxygen atoms in total. The number of aromatic nitrogens is 1. The molecule has 1 amide bonds. The van der Waals surface area contributed by atoms with E-state index in [9.17, 15) is 9.59 Å². The molecule has 0 saturated carbocycles. The summed E-state index contributed by atoms with van der Waals surface area (Å²) in [5.41, 5.74) is 3.71. The van der Waals surface area contributed by atoms with Gasteiger partial charge >= 0.3 is 0 Å².